The van der Waals surface area contributed by atoms with Crippen molar-refractivity contribution >= 4 is 38.2 Å². The fourth-order valence-electron chi connectivity index (χ4n) is 2.84. The Hall–Kier alpha value is -2.51. The first-order chi connectivity index (χ1) is 13.7. The van der Waals surface area contributed by atoms with Gasteiger partial charge in [-0.1, -0.05) is 30.3 Å². The molecule has 3 heterocycles. The van der Waals surface area contributed by atoms with Crippen LogP contribution in [-0.2, 0) is 19.3 Å². The summed E-state index contributed by atoms with van der Waals surface area (Å²) in [5.74, 6) is 2.25. The van der Waals surface area contributed by atoms with Gasteiger partial charge >= 0.3 is 0 Å². The minimum absolute atomic E-state index is 0.603. The minimum atomic E-state index is 0.603. The van der Waals surface area contributed by atoms with Gasteiger partial charge in [-0.25, -0.2) is 15.0 Å². The van der Waals surface area contributed by atoms with Crippen LogP contribution in [0.25, 0.3) is 0 Å². The summed E-state index contributed by atoms with van der Waals surface area (Å²) in [6.45, 7) is 1.89. The largest absolute Gasteiger partial charge is 0.446 e. The molecule has 1 aromatic carbocycles. The van der Waals surface area contributed by atoms with E-state index in [1.165, 1.54) is 5.56 Å². The maximum Gasteiger partial charge on any atom is 0.198 e. The van der Waals surface area contributed by atoms with Crippen LogP contribution >= 0.6 is 27.3 Å². The number of anilines is 2. The summed E-state index contributed by atoms with van der Waals surface area (Å²) in [6, 6.07) is 12.5. The lowest BCUT2D eigenvalue weighted by Gasteiger charge is -2.06. The molecule has 7 heteroatoms. The van der Waals surface area contributed by atoms with Crippen molar-refractivity contribution in [2.24, 2.45) is 0 Å². The van der Waals surface area contributed by atoms with Crippen molar-refractivity contribution in [1.29, 1.82) is 0 Å². The second kappa shape index (κ2) is 8.67. The Morgan fingerprint density at radius 2 is 1.96 bits per heavy atom. The van der Waals surface area contributed by atoms with Crippen LogP contribution in [0.2, 0.25) is 0 Å². The number of thiazole rings is 1. The highest BCUT2D eigenvalue weighted by molar-refractivity contribution is 9.10. The molecule has 0 bridgehead atoms. The number of halogens is 1. The first kappa shape index (κ1) is 18.8. The van der Waals surface area contributed by atoms with Gasteiger partial charge in [0.1, 0.15) is 11.6 Å². The van der Waals surface area contributed by atoms with Gasteiger partial charge in [0.15, 0.2) is 11.0 Å². The summed E-state index contributed by atoms with van der Waals surface area (Å²) < 4.78 is 6.51. The van der Waals surface area contributed by atoms with E-state index in [4.69, 9.17) is 4.42 Å². The summed E-state index contributed by atoms with van der Waals surface area (Å²) >= 11 is 5.15. The van der Waals surface area contributed by atoms with E-state index < -0.39 is 0 Å². The van der Waals surface area contributed by atoms with Crippen molar-refractivity contribution in [2.75, 3.05) is 5.32 Å². The van der Waals surface area contributed by atoms with Gasteiger partial charge in [-0.2, -0.15) is 0 Å². The van der Waals surface area contributed by atoms with Gasteiger partial charge in [0.05, 0.1) is 18.3 Å². The van der Waals surface area contributed by atoms with Crippen LogP contribution < -0.4 is 5.32 Å². The third kappa shape index (κ3) is 4.85. The summed E-state index contributed by atoms with van der Waals surface area (Å²) in [6.07, 6.45) is 6.03. The number of aromatic nitrogens is 3. The second-order valence-corrected chi connectivity index (χ2v) is 8.17. The van der Waals surface area contributed by atoms with Crippen LogP contribution in [0.3, 0.4) is 0 Å². The fourth-order valence-corrected chi connectivity index (χ4v) is 3.94. The van der Waals surface area contributed by atoms with Gasteiger partial charge in [-0.3, -0.25) is 0 Å². The van der Waals surface area contributed by atoms with Crippen molar-refractivity contribution in [3.63, 3.8) is 0 Å². The first-order valence-corrected chi connectivity index (χ1v) is 10.6. The average molecular weight is 455 g/mol. The van der Waals surface area contributed by atoms with E-state index in [9.17, 15) is 0 Å². The Morgan fingerprint density at radius 3 is 2.75 bits per heavy atom. The fraction of sp³-hybridized carbons (Fsp3) is 0.190. The van der Waals surface area contributed by atoms with Gasteiger partial charge in [0.25, 0.3) is 0 Å². The van der Waals surface area contributed by atoms with Crippen molar-refractivity contribution in [1.82, 2.24) is 15.0 Å². The molecular weight excluding hydrogens is 436 g/mol. The van der Waals surface area contributed by atoms with Crippen molar-refractivity contribution in [3.8, 4) is 0 Å². The number of nitrogens with one attached hydrogen (secondary N) is 1. The molecule has 0 radical (unpaired) electrons. The quantitative estimate of drug-likeness (QED) is 0.386. The first-order valence-electron chi connectivity index (χ1n) is 8.97. The van der Waals surface area contributed by atoms with Crippen LogP contribution in [0.1, 0.15) is 28.5 Å². The molecule has 0 fully saturated rings. The normalized spacial score (nSPS) is 10.9. The van der Waals surface area contributed by atoms with Crippen LogP contribution in [0.15, 0.2) is 63.1 Å². The van der Waals surface area contributed by atoms with E-state index in [-0.39, 0.29) is 0 Å². The van der Waals surface area contributed by atoms with Crippen LogP contribution in [0.4, 0.5) is 10.9 Å². The Kier molecular flexibility index (Phi) is 5.83. The number of oxazole rings is 1. The van der Waals surface area contributed by atoms with Gasteiger partial charge < -0.3 is 9.73 Å². The molecule has 28 heavy (non-hydrogen) atoms. The molecule has 5 nitrogen and oxygen atoms in total. The molecule has 4 aromatic rings. The summed E-state index contributed by atoms with van der Waals surface area (Å²) in [4.78, 5) is 13.4. The highest BCUT2D eigenvalue weighted by Gasteiger charge is 2.10. The molecule has 142 valence electrons. The van der Waals surface area contributed by atoms with Crippen molar-refractivity contribution in [2.45, 2.75) is 26.2 Å². The molecule has 0 atom stereocenters. The molecule has 0 aliphatic carbocycles. The summed E-state index contributed by atoms with van der Waals surface area (Å²) in [5, 5.41) is 6.25. The van der Waals surface area contributed by atoms with Crippen molar-refractivity contribution < 1.29 is 4.42 Å². The van der Waals surface area contributed by atoms with Gasteiger partial charge in [-0.05, 0) is 52.9 Å². The molecule has 1 N–H and O–H groups in total. The number of aryl methyl sites for hydroxylation is 3. The maximum absolute atomic E-state index is 5.58. The molecule has 3 aromatic heterocycles. The summed E-state index contributed by atoms with van der Waals surface area (Å²) in [5.41, 5.74) is 3.47. The molecule has 0 spiro atoms. The number of rotatable bonds is 7. The van der Waals surface area contributed by atoms with Gasteiger partial charge in [0, 0.05) is 16.0 Å². The van der Waals surface area contributed by atoms with E-state index in [0.29, 0.717) is 12.3 Å². The van der Waals surface area contributed by atoms with E-state index in [1.54, 1.807) is 23.7 Å². The third-order valence-electron chi connectivity index (χ3n) is 4.24. The zero-order valence-corrected chi connectivity index (χ0v) is 17.8. The van der Waals surface area contributed by atoms with Crippen LogP contribution in [0.5, 0.6) is 0 Å². The molecular formula is C21H19BrN4OS. The average Bonchev–Trinajstić information content (AvgIpc) is 3.32. The Balaban J connectivity index is 1.41. The predicted octanol–water partition coefficient (Wildman–Crippen LogP) is 5.72. The molecule has 0 amide bonds. The number of benzene rings is 1. The monoisotopic (exact) mass is 454 g/mol. The van der Waals surface area contributed by atoms with Gasteiger partial charge in [-0.15, -0.1) is 11.3 Å². The highest BCUT2D eigenvalue weighted by Crippen LogP contribution is 2.25. The van der Waals surface area contributed by atoms with Gasteiger partial charge in [0.2, 0.25) is 0 Å². The molecule has 4 rings (SSSR count). The Bertz CT molecular complexity index is 1060. The topological polar surface area (TPSA) is 63.8 Å². The lowest BCUT2D eigenvalue weighted by atomic mass is 10.1. The smallest absolute Gasteiger partial charge is 0.198 e. The Labute approximate surface area is 176 Å². The molecule has 0 aliphatic heterocycles. The highest BCUT2D eigenvalue weighted by atomic mass is 79.9. The lowest BCUT2D eigenvalue weighted by molar-refractivity contribution is 0.481. The number of hydrogen-bond acceptors (Lipinski definition) is 6. The zero-order valence-electron chi connectivity index (χ0n) is 15.4. The SMILES string of the molecule is Cc1cnc(Cc2cc(Nc3nc(CCc4ccccc4)cs3)ncc2Br)o1. The number of pyridine rings is 1. The van der Waals surface area contributed by atoms with E-state index in [0.717, 1.165) is 45.3 Å². The number of hydrogen-bond donors (Lipinski definition) is 1. The second-order valence-electron chi connectivity index (χ2n) is 6.46. The maximum atomic E-state index is 5.58. The molecule has 0 saturated carbocycles. The van der Waals surface area contributed by atoms with Crippen LogP contribution in [-0.4, -0.2) is 15.0 Å². The summed E-state index contributed by atoms with van der Waals surface area (Å²) in [7, 11) is 0. The predicted molar refractivity (Wildman–Crippen MR) is 115 cm³/mol. The van der Waals surface area contributed by atoms with Crippen LogP contribution in [0, 0.1) is 6.92 Å². The van der Waals surface area contributed by atoms with E-state index in [1.807, 2.05) is 19.1 Å². The zero-order chi connectivity index (χ0) is 19.3. The molecule has 0 aliphatic rings. The molecule has 0 unspecified atom stereocenters. The van der Waals surface area contributed by atoms with E-state index >= 15 is 0 Å². The minimum Gasteiger partial charge on any atom is -0.446 e. The van der Waals surface area contributed by atoms with E-state index in [2.05, 4.69) is 65.8 Å². The lowest BCUT2D eigenvalue weighted by Crippen LogP contribution is -1.98. The Morgan fingerprint density at radius 1 is 1.11 bits per heavy atom. The van der Waals surface area contributed by atoms with Crippen molar-refractivity contribution in [3.05, 3.63) is 87.1 Å². The molecule has 0 saturated heterocycles. The third-order valence-corrected chi connectivity index (χ3v) is 5.77. The number of nitrogens with zero attached hydrogens (tertiary/aromatic N) is 3. The standard InChI is InChI=1S/C21H19BrN4OS/c1-14-11-24-20(27-14)10-16-9-19(23-12-18(16)22)26-21-25-17(13-28-21)8-7-15-5-3-2-4-6-15/h2-6,9,11-13H,7-8,10H2,1H3,(H,23,25,26).